The highest BCUT2D eigenvalue weighted by Crippen LogP contribution is 2.16. The van der Waals surface area contributed by atoms with Crippen LogP contribution < -0.4 is 0 Å². The molecule has 0 radical (unpaired) electrons. The lowest BCUT2D eigenvalue weighted by molar-refractivity contribution is -0.123. The van der Waals surface area contributed by atoms with Crippen molar-refractivity contribution in [2.75, 3.05) is 32.8 Å². The molecule has 0 aromatic rings. The largest absolute Gasteiger partial charge is 0.374 e. The molecule has 0 aromatic heterocycles. The van der Waals surface area contributed by atoms with Gasteiger partial charge in [0.1, 0.15) is 6.61 Å². The van der Waals surface area contributed by atoms with Crippen LogP contribution in [0.15, 0.2) is 0 Å². The molecular formula is C15H29NO2. The summed E-state index contributed by atoms with van der Waals surface area (Å²) in [5, 5.41) is 0. The molecule has 1 saturated heterocycles. The van der Waals surface area contributed by atoms with E-state index in [9.17, 15) is 4.79 Å². The molecule has 0 bridgehead atoms. The number of rotatable bonds is 9. The zero-order valence-electron chi connectivity index (χ0n) is 12.1. The molecule has 18 heavy (non-hydrogen) atoms. The van der Waals surface area contributed by atoms with Gasteiger partial charge in [0.15, 0.2) is 5.78 Å². The average molecular weight is 255 g/mol. The van der Waals surface area contributed by atoms with E-state index < -0.39 is 0 Å². The first-order valence-corrected chi connectivity index (χ1v) is 7.54. The number of ketones is 1. The van der Waals surface area contributed by atoms with Crippen LogP contribution in [0.25, 0.3) is 0 Å². The number of Topliss-reactive ketones (excluding diaryl/α,β-unsaturated/α-hetero) is 1. The maximum Gasteiger partial charge on any atom is 0.158 e. The Morgan fingerprint density at radius 2 is 1.94 bits per heavy atom. The van der Waals surface area contributed by atoms with E-state index in [2.05, 4.69) is 11.8 Å². The number of ether oxygens (including phenoxy) is 1. The molecule has 1 fully saturated rings. The molecule has 1 heterocycles. The van der Waals surface area contributed by atoms with Crippen LogP contribution in [-0.2, 0) is 9.53 Å². The number of carbonyl (C=O) groups is 1. The highest BCUT2D eigenvalue weighted by Gasteiger charge is 2.14. The van der Waals surface area contributed by atoms with Gasteiger partial charge in [0.2, 0.25) is 0 Å². The molecule has 3 heteroatoms. The zero-order valence-corrected chi connectivity index (χ0v) is 12.1. The van der Waals surface area contributed by atoms with Gasteiger partial charge in [-0.3, -0.25) is 4.79 Å². The first-order valence-electron chi connectivity index (χ1n) is 7.54. The van der Waals surface area contributed by atoms with E-state index in [0.29, 0.717) is 13.0 Å². The monoisotopic (exact) mass is 255 g/mol. The first-order chi connectivity index (χ1) is 8.72. The second-order valence-corrected chi connectivity index (χ2v) is 5.53. The van der Waals surface area contributed by atoms with Crippen LogP contribution in [0, 0.1) is 5.92 Å². The van der Waals surface area contributed by atoms with Crippen molar-refractivity contribution in [3.05, 3.63) is 0 Å². The van der Waals surface area contributed by atoms with Gasteiger partial charge in [-0.1, -0.05) is 13.8 Å². The fraction of sp³-hybridized carbons (Fsp3) is 0.933. The Morgan fingerprint density at radius 3 is 2.61 bits per heavy atom. The van der Waals surface area contributed by atoms with Crippen LogP contribution >= 0.6 is 0 Å². The van der Waals surface area contributed by atoms with Crippen molar-refractivity contribution >= 4 is 5.78 Å². The van der Waals surface area contributed by atoms with E-state index in [1.165, 1.54) is 45.3 Å². The smallest absolute Gasteiger partial charge is 0.158 e. The minimum Gasteiger partial charge on any atom is -0.374 e. The third-order valence-electron chi connectivity index (χ3n) is 3.80. The molecule has 0 atom stereocenters. The van der Waals surface area contributed by atoms with E-state index in [0.717, 1.165) is 18.9 Å². The highest BCUT2D eigenvalue weighted by molar-refractivity contribution is 5.79. The predicted molar refractivity (Wildman–Crippen MR) is 74.8 cm³/mol. The number of piperidine rings is 1. The van der Waals surface area contributed by atoms with Crippen molar-refractivity contribution in [3.8, 4) is 0 Å². The summed E-state index contributed by atoms with van der Waals surface area (Å²) < 4.78 is 5.33. The molecule has 0 amide bonds. The number of likely N-dealkylation sites (tertiary alicyclic amines) is 1. The van der Waals surface area contributed by atoms with E-state index >= 15 is 0 Å². The van der Waals surface area contributed by atoms with E-state index in [4.69, 9.17) is 4.74 Å². The second-order valence-electron chi connectivity index (χ2n) is 5.53. The molecule has 0 spiro atoms. The van der Waals surface area contributed by atoms with Crippen molar-refractivity contribution < 1.29 is 9.53 Å². The highest BCUT2D eigenvalue weighted by atomic mass is 16.5. The molecule has 1 rings (SSSR count). The third-order valence-corrected chi connectivity index (χ3v) is 3.80. The number of hydrogen-bond donors (Lipinski definition) is 0. The Hall–Kier alpha value is -0.410. The number of carbonyl (C=O) groups excluding carboxylic acids is 1. The van der Waals surface area contributed by atoms with Crippen LogP contribution in [0.4, 0.5) is 0 Å². The molecule has 0 saturated carbocycles. The Labute approximate surface area is 112 Å². The first kappa shape index (κ1) is 15.6. The van der Waals surface area contributed by atoms with E-state index in [1.54, 1.807) is 0 Å². The summed E-state index contributed by atoms with van der Waals surface area (Å²) in [6.45, 7) is 9.08. The zero-order chi connectivity index (χ0) is 13.2. The summed E-state index contributed by atoms with van der Waals surface area (Å²) in [5.41, 5.74) is 0. The van der Waals surface area contributed by atoms with Gasteiger partial charge < -0.3 is 9.64 Å². The summed E-state index contributed by atoms with van der Waals surface area (Å²) in [4.78, 5) is 13.6. The minimum atomic E-state index is 0.206. The van der Waals surface area contributed by atoms with Gasteiger partial charge in [0, 0.05) is 13.0 Å². The van der Waals surface area contributed by atoms with Gasteiger partial charge in [0.05, 0.1) is 0 Å². The summed E-state index contributed by atoms with van der Waals surface area (Å²) in [6.07, 6.45) is 6.88. The number of unbranched alkanes of at least 4 members (excludes halogenated alkanes) is 2. The van der Waals surface area contributed by atoms with Crippen molar-refractivity contribution in [2.24, 2.45) is 5.92 Å². The van der Waals surface area contributed by atoms with Crippen molar-refractivity contribution in [1.82, 2.24) is 4.90 Å². The maximum atomic E-state index is 11.0. The van der Waals surface area contributed by atoms with Gasteiger partial charge in [-0.2, -0.15) is 0 Å². The third kappa shape index (κ3) is 7.12. The van der Waals surface area contributed by atoms with Crippen molar-refractivity contribution in [1.29, 1.82) is 0 Å². The average Bonchev–Trinajstić information content (AvgIpc) is 2.39. The summed E-state index contributed by atoms with van der Waals surface area (Å²) in [5.74, 6) is 1.13. The topological polar surface area (TPSA) is 29.5 Å². The molecule has 0 unspecified atom stereocenters. The van der Waals surface area contributed by atoms with Gasteiger partial charge in [-0.25, -0.2) is 0 Å². The molecule has 0 N–H and O–H groups in total. The van der Waals surface area contributed by atoms with Crippen molar-refractivity contribution in [3.63, 3.8) is 0 Å². The summed E-state index contributed by atoms with van der Waals surface area (Å²) >= 11 is 0. The standard InChI is InChI=1S/C15H29NO2/c1-3-15(17)13-18-12-6-4-5-9-16-10-7-14(2)8-11-16/h14H,3-13H2,1-2H3. The molecular weight excluding hydrogens is 226 g/mol. The lowest BCUT2D eigenvalue weighted by Gasteiger charge is -2.30. The van der Waals surface area contributed by atoms with Crippen molar-refractivity contribution in [2.45, 2.75) is 52.4 Å². The van der Waals surface area contributed by atoms with Gasteiger partial charge in [-0.15, -0.1) is 0 Å². The molecule has 106 valence electrons. The Balaban J connectivity index is 1.85. The SMILES string of the molecule is CCC(=O)COCCCCCN1CCC(C)CC1. The Morgan fingerprint density at radius 1 is 1.22 bits per heavy atom. The number of nitrogens with zero attached hydrogens (tertiary/aromatic N) is 1. The Kier molecular flexibility index (Phi) is 8.27. The minimum absolute atomic E-state index is 0.206. The van der Waals surface area contributed by atoms with E-state index in [-0.39, 0.29) is 5.78 Å². The van der Waals surface area contributed by atoms with Crippen LogP contribution in [0.2, 0.25) is 0 Å². The summed E-state index contributed by atoms with van der Waals surface area (Å²) in [7, 11) is 0. The molecule has 0 aromatic carbocycles. The number of hydrogen-bond acceptors (Lipinski definition) is 3. The lowest BCUT2D eigenvalue weighted by Crippen LogP contribution is -2.33. The van der Waals surface area contributed by atoms with Gasteiger partial charge in [-0.05, 0) is 57.7 Å². The Bertz CT molecular complexity index is 223. The van der Waals surface area contributed by atoms with Gasteiger partial charge in [0.25, 0.3) is 0 Å². The quantitative estimate of drug-likeness (QED) is 0.593. The van der Waals surface area contributed by atoms with Crippen LogP contribution in [-0.4, -0.2) is 43.5 Å². The lowest BCUT2D eigenvalue weighted by atomic mass is 9.99. The molecule has 1 aliphatic heterocycles. The molecule has 3 nitrogen and oxygen atoms in total. The normalized spacial score (nSPS) is 18.1. The molecule has 1 aliphatic rings. The fourth-order valence-electron chi connectivity index (χ4n) is 2.29. The fourth-order valence-corrected chi connectivity index (χ4v) is 2.29. The second kappa shape index (κ2) is 9.51. The van der Waals surface area contributed by atoms with Crippen LogP contribution in [0.3, 0.4) is 0 Å². The van der Waals surface area contributed by atoms with Gasteiger partial charge >= 0.3 is 0 Å². The predicted octanol–water partition coefficient (Wildman–Crippen LogP) is 2.88. The molecule has 0 aliphatic carbocycles. The maximum absolute atomic E-state index is 11.0. The van der Waals surface area contributed by atoms with E-state index in [1.807, 2.05) is 6.92 Å². The van der Waals surface area contributed by atoms with Crippen LogP contribution in [0.5, 0.6) is 0 Å². The van der Waals surface area contributed by atoms with Crippen LogP contribution in [0.1, 0.15) is 52.4 Å². The summed E-state index contributed by atoms with van der Waals surface area (Å²) in [6, 6.07) is 0.